The Morgan fingerprint density at radius 1 is 0.970 bits per heavy atom. The number of methoxy groups -OCH3 is 2. The van der Waals surface area contributed by atoms with Gasteiger partial charge in [0.1, 0.15) is 12.1 Å². The summed E-state index contributed by atoms with van der Waals surface area (Å²) >= 11 is 0. The fraction of sp³-hybridized carbons (Fsp3) is 0.524. The normalized spacial score (nSPS) is 14.1. The van der Waals surface area contributed by atoms with Crippen LogP contribution in [-0.4, -0.2) is 62.5 Å². The Bertz CT molecular complexity index is 841. The molecule has 12 heteroatoms. The van der Waals surface area contributed by atoms with Crippen LogP contribution in [0.4, 0.5) is 14.4 Å². The van der Waals surface area contributed by atoms with Gasteiger partial charge in [-0.25, -0.2) is 14.4 Å². The fourth-order valence-corrected chi connectivity index (χ4v) is 2.79. The van der Waals surface area contributed by atoms with Crippen LogP contribution in [0.5, 0.6) is 11.5 Å². The van der Waals surface area contributed by atoms with Gasteiger partial charge in [0.05, 0.1) is 20.8 Å². The highest BCUT2D eigenvalue weighted by Crippen LogP contribution is 2.36. The van der Waals surface area contributed by atoms with Crippen molar-refractivity contribution in [2.24, 2.45) is 11.7 Å². The number of ether oxygens (including phenoxy) is 6. The van der Waals surface area contributed by atoms with Gasteiger partial charge in [-0.05, 0) is 37.0 Å². The predicted octanol–water partition coefficient (Wildman–Crippen LogP) is 3.06. The lowest BCUT2D eigenvalue weighted by molar-refractivity contribution is -0.139. The smallest absolute Gasteiger partial charge is 0.480 e. The maximum atomic E-state index is 11.8. The summed E-state index contributed by atoms with van der Waals surface area (Å²) in [4.78, 5) is 46.6. The van der Waals surface area contributed by atoms with Crippen LogP contribution in [0.2, 0.25) is 0 Å². The van der Waals surface area contributed by atoms with Gasteiger partial charge < -0.3 is 39.3 Å². The van der Waals surface area contributed by atoms with Crippen LogP contribution in [-0.2, 0) is 23.7 Å². The van der Waals surface area contributed by atoms with E-state index >= 15 is 0 Å². The van der Waals surface area contributed by atoms with Crippen molar-refractivity contribution >= 4 is 24.4 Å². The summed E-state index contributed by atoms with van der Waals surface area (Å²) in [5, 5.41) is 9.50. The lowest BCUT2D eigenvalue weighted by Gasteiger charge is -2.28. The van der Waals surface area contributed by atoms with Gasteiger partial charge in [0.25, 0.3) is 0 Å². The third-order valence-electron chi connectivity index (χ3n) is 4.69. The first-order chi connectivity index (χ1) is 15.5. The van der Waals surface area contributed by atoms with E-state index in [1.165, 1.54) is 18.2 Å². The fourth-order valence-electron chi connectivity index (χ4n) is 2.79. The maximum Gasteiger partial charge on any atom is 0.513 e. The molecule has 0 fully saturated rings. The number of carboxylic acids is 1. The molecule has 0 radical (unpaired) electrons. The number of carbonyl (C=O) groups excluding carboxylic acids is 3. The van der Waals surface area contributed by atoms with Gasteiger partial charge in [-0.2, -0.15) is 0 Å². The number of aliphatic carboxylic acids is 1. The molecule has 0 saturated carbocycles. The van der Waals surface area contributed by atoms with Crippen LogP contribution >= 0.6 is 0 Å². The molecule has 0 aliphatic heterocycles. The van der Waals surface area contributed by atoms with Gasteiger partial charge in [-0.3, -0.25) is 4.79 Å². The monoisotopic (exact) mass is 471 g/mol. The zero-order valence-electron chi connectivity index (χ0n) is 19.1. The minimum Gasteiger partial charge on any atom is -0.480 e. The Morgan fingerprint density at radius 2 is 1.55 bits per heavy atom. The molecule has 0 aliphatic carbocycles. The first-order valence-electron chi connectivity index (χ1n) is 10.0. The van der Waals surface area contributed by atoms with Crippen molar-refractivity contribution in [3.8, 4) is 11.5 Å². The molecule has 33 heavy (non-hydrogen) atoms. The van der Waals surface area contributed by atoms with E-state index in [9.17, 15) is 24.3 Å². The number of carbonyl (C=O) groups is 4. The van der Waals surface area contributed by atoms with Gasteiger partial charge in [-0.1, -0.05) is 19.9 Å². The minimum absolute atomic E-state index is 0.181. The summed E-state index contributed by atoms with van der Waals surface area (Å²) in [5.74, 6) is -3.22. The summed E-state index contributed by atoms with van der Waals surface area (Å²) in [5.41, 5.74) is 6.22. The average molecular weight is 471 g/mol. The Balaban J connectivity index is 3.25. The number of nitrogens with two attached hydrogens (primary N) is 1. The number of hydrogen-bond donors (Lipinski definition) is 2. The highest BCUT2D eigenvalue weighted by molar-refractivity contribution is 5.75. The minimum atomic E-state index is -1.41. The Morgan fingerprint density at radius 3 is 2.06 bits per heavy atom. The van der Waals surface area contributed by atoms with Crippen molar-refractivity contribution in [1.29, 1.82) is 0 Å². The molecule has 0 heterocycles. The van der Waals surface area contributed by atoms with Crippen molar-refractivity contribution in [2.45, 2.75) is 45.3 Å². The van der Waals surface area contributed by atoms with Gasteiger partial charge in [-0.15, -0.1) is 0 Å². The van der Waals surface area contributed by atoms with Crippen molar-refractivity contribution in [3.05, 3.63) is 23.8 Å². The lowest BCUT2D eigenvalue weighted by Crippen LogP contribution is -2.40. The summed E-state index contributed by atoms with van der Waals surface area (Å²) in [6, 6.07) is 2.57. The molecule has 0 spiro atoms. The molecule has 3 N–H and O–H groups in total. The molecule has 4 atom stereocenters. The topological polar surface area (TPSA) is 170 Å². The molecule has 12 nitrogen and oxygen atoms in total. The van der Waals surface area contributed by atoms with Crippen LogP contribution in [0.25, 0.3) is 0 Å². The summed E-state index contributed by atoms with van der Waals surface area (Å²) in [6.45, 7) is 4.97. The third-order valence-corrected chi connectivity index (χ3v) is 4.69. The van der Waals surface area contributed by atoms with Gasteiger partial charge >= 0.3 is 24.4 Å². The molecular weight excluding hydrogens is 442 g/mol. The third kappa shape index (κ3) is 8.48. The Kier molecular flexibility index (Phi) is 10.9. The van der Waals surface area contributed by atoms with Crippen LogP contribution < -0.4 is 15.2 Å². The highest BCUT2D eigenvalue weighted by atomic mass is 16.7. The van der Waals surface area contributed by atoms with Crippen LogP contribution in [0, 0.1) is 5.92 Å². The second-order valence-electron chi connectivity index (χ2n) is 7.08. The standard InChI is InChI=1S/C21H29NO11/c1-6-12(3)31-21(27)30-10-11(2)16(17(22)18(23)24)13-7-8-14(32-19(25)28-4)15(9-13)33-20(26)29-5/h7-9,11-12,16-17H,6,10,22H2,1-5H3,(H,23,24)/t11?,12?,16?,17-/m0/s1. The molecule has 0 aliphatic rings. The summed E-state index contributed by atoms with van der Waals surface area (Å²) in [6.07, 6.45) is -2.82. The summed E-state index contributed by atoms with van der Waals surface area (Å²) < 4.78 is 29.0. The molecule has 0 aromatic heterocycles. The molecular formula is C21H29NO11. The number of rotatable bonds is 10. The van der Waals surface area contributed by atoms with Gasteiger partial charge in [0.15, 0.2) is 11.5 Å². The van der Waals surface area contributed by atoms with E-state index < -0.39 is 42.3 Å². The number of hydrogen-bond acceptors (Lipinski definition) is 11. The highest BCUT2D eigenvalue weighted by Gasteiger charge is 2.33. The molecule has 3 unspecified atom stereocenters. The number of benzene rings is 1. The van der Waals surface area contributed by atoms with E-state index in [0.29, 0.717) is 12.0 Å². The first-order valence-corrected chi connectivity index (χ1v) is 10.0. The number of carboxylic acid groups (broad SMARTS) is 1. The van der Waals surface area contributed by atoms with E-state index in [0.717, 1.165) is 14.2 Å². The van der Waals surface area contributed by atoms with E-state index in [-0.39, 0.29) is 24.2 Å². The zero-order valence-corrected chi connectivity index (χ0v) is 19.1. The zero-order chi connectivity index (χ0) is 25.1. The second-order valence-corrected chi connectivity index (χ2v) is 7.08. The van der Waals surface area contributed by atoms with Crippen molar-refractivity contribution in [3.63, 3.8) is 0 Å². The molecule has 1 aromatic rings. The molecule has 0 bridgehead atoms. The summed E-state index contributed by atoms with van der Waals surface area (Å²) in [7, 11) is 2.17. The van der Waals surface area contributed by atoms with Crippen LogP contribution in [0.15, 0.2) is 18.2 Å². The average Bonchev–Trinajstić information content (AvgIpc) is 2.78. The Hall–Kier alpha value is -3.54. The lowest BCUT2D eigenvalue weighted by atomic mass is 9.82. The quantitative estimate of drug-likeness (QED) is 0.291. The van der Waals surface area contributed by atoms with Gasteiger partial charge in [0, 0.05) is 5.92 Å². The molecule has 1 aromatic carbocycles. The largest absolute Gasteiger partial charge is 0.513 e. The molecule has 0 amide bonds. The van der Waals surface area contributed by atoms with E-state index in [4.69, 9.17) is 24.7 Å². The Labute approximate surface area is 190 Å². The molecule has 184 valence electrons. The van der Waals surface area contributed by atoms with E-state index in [1.807, 2.05) is 6.92 Å². The van der Waals surface area contributed by atoms with Crippen LogP contribution in [0.3, 0.4) is 0 Å². The van der Waals surface area contributed by atoms with Gasteiger partial charge in [0.2, 0.25) is 0 Å². The van der Waals surface area contributed by atoms with E-state index in [1.54, 1.807) is 13.8 Å². The second kappa shape index (κ2) is 13.1. The van der Waals surface area contributed by atoms with Crippen molar-refractivity contribution < 1.29 is 52.7 Å². The maximum absolute atomic E-state index is 11.8. The molecule has 0 saturated heterocycles. The van der Waals surface area contributed by atoms with Crippen molar-refractivity contribution in [2.75, 3.05) is 20.8 Å². The first kappa shape index (κ1) is 27.5. The van der Waals surface area contributed by atoms with Crippen LogP contribution in [0.1, 0.15) is 38.7 Å². The van der Waals surface area contributed by atoms with Crippen molar-refractivity contribution in [1.82, 2.24) is 0 Å². The predicted molar refractivity (Wildman–Crippen MR) is 112 cm³/mol. The SMILES string of the molecule is CCC(C)OC(=O)OCC(C)C(c1ccc(OC(=O)OC)c(OC(=O)OC)c1)[C@H](N)C(=O)O. The van der Waals surface area contributed by atoms with E-state index in [2.05, 4.69) is 9.47 Å². The molecule has 1 rings (SSSR count).